The van der Waals surface area contributed by atoms with Crippen LogP contribution < -0.4 is 0 Å². The van der Waals surface area contributed by atoms with Crippen LogP contribution in [0, 0.1) is 0 Å². The van der Waals surface area contributed by atoms with Crippen LogP contribution in [0.3, 0.4) is 0 Å². The van der Waals surface area contributed by atoms with Gasteiger partial charge < -0.3 is 4.90 Å². The number of halogens is 4. The van der Waals surface area contributed by atoms with E-state index in [0.717, 1.165) is 14.0 Å². The third-order valence-corrected chi connectivity index (χ3v) is 3.03. The third-order valence-electron chi connectivity index (χ3n) is 2.50. The number of hydrogen-bond acceptors (Lipinski definition) is 1. The van der Waals surface area contributed by atoms with E-state index in [0.29, 0.717) is 9.37 Å². The van der Waals surface area contributed by atoms with E-state index in [1.807, 2.05) is 0 Å². The summed E-state index contributed by atoms with van der Waals surface area (Å²) in [6, 6.07) is 5.32. The van der Waals surface area contributed by atoms with Crippen molar-refractivity contribution in [3.8, 4) is 0 Å². The maximum Gasteiger partial charge on any atom is 0.294 e. The minimum absolute atomic E-state index is 0.256. The summed E-state index contributed by atoms with van der Waals surface area (Å²) in [6.45, 7) is 1.04. The molecule has 0 aromatic heterocycles. The van der Waals surface area contributed by atoms with E-state index in [1.54, 1.807) is 0 Å². The Morgan fingerprint density at radius 1 is 1.35 bits per heavy atom. The summed E-state index contributed by atoms with van der Waals surface area (Å²) in [5.74, 6) is -3.87. The quantitative estimate of drug-likeness (QED) is 0.784. The van der Waals surface area contributed by atoms with E-state index in [-0.39, 0.29) is 5.56 Å². The van der Waals surface area contributed by atoms with Crippen molar-refractivity contribution >= 4 is 21.8 Å². The molecule has 1 unspecified atom stereocenters. The number of amides is 1. The molecule has 17 heavy (non-hydrogen) atoms. The fourth-order valence-electron chi connectivity index (χ4n) is 1.38. The molecule has 0 aliphatic heterocycles. The van der Waals surface area contributed by atoms with Gasteiger partial charge in [-0.15, -0.1) is 0 Å². The molecule has 1 amide bonds. The van der Waals surface area contributed by atoms with Crippen molar-refractivity contribution < 1.29 is 18.0 Å². The van der Waals surface area contributed by atoms with Crippen LogP contribution in [0.4, 0.5) is 13.2 Å². The Hall–Kier alpha value is -1.04. The van der Waals surface area contributed by atoms with Gasteiger partial charge in [-0.2, -0.15) is 0 Å². The van der Waals surface area contributed by atoms with Gasteiger partial charge in [-0.25, -0.2) is 13.2 Å². The van der Waals surface area contributed by atoms with Crippen LogP contribution in [0.5, 0.6) is 0 Å². The minimum Gasteiger partial charge on any atom is -0.305 e. The average Bonchev–Trinajstić information content (AvgIpc) is 2.27. The SMILES string of the molecule is CC(=O)N(C)C(F)(c1ccc(Br)cc1)C(F)F. The number of rotatable bonds is 3. The van der Waals surface area contributed by atoms with Crippen LogP contribution in [-0.4, -0.2) is 24.3 Å². The van der Waals surface area contributed by atoms with Gasteiger partial charge in [0.15, 0.2) is 0 Å². The highest BCUT2D eigenvalue weighted by Crippen LogP contribution is 2.36. The summed E-state index contributed by atoms with van der Waals surface area (Å²) in [5, 5.41) is 0. The van der Waals surface area contributed by atoms with Crippen LogP contribution in [0.15, 0.2) is 28.7 Å². The number of alkyl halides is 3. The molecule has 0 N–H and O–H groups in total. The van der Waals surface area contributed by atoms with Gasteiger partial charge in [0.1, 0.15) is 0 Å². The van der Waals surface area contributed by atoms with Gasteiger partial charge in [-0.05, 0) is 12.1 Å². The van der Waals surface area contributed by atoms with Crippen molar-refractivity contribution in [2.45, 2.75) is 19.1 Å². The average molecular weight is 310 g/mol. The van der Waals surface area contributed by atoms with E-state index >= 15 is 0 Å². The Balaban J connectivity index is 3.25. The van der Waals surface area contributed by atoms with Gasteiger partial charge in [0, 0.05) is 24.0 Å². The molecule has 0 saturated carbocycles. The van der Waals surface area contributed by atoms with Gasteiger partial charge in [0.25, 0.3) is 12.2 Å². The zero-order chi connectivity index (χ0) is 13.2. The Labute approximate surface area is 106 Å². The zero-order valence-corrected chi connectivity index (χ0v) is 10.8. The summed E-state index contributed by atoms with van der Waals surface area (Å²) in [7, 11) is 1.01. The molecule has 0 saturated heterocycles. The van der Waals surface area contributed by atoms with Crippen molar-refractivity contribution in [3.05, 3.63) is 34.3 Å². The lowest BCUT2D eigenvalue weighted by Crippen LogP contribution is -2.48. The molecule has 0 radical (unpaired) electrons. The molecule has 1 rings (SSSR count). The van der Waals surface area contributed by atoms with Gasteiger partial charge >= 0.3 is 0 Å². The summed E-state index contributed by atoms with van der Waals surface area (Å²) >= 11 is 3.12. The fourth-order valence-corrected chi connectivity index (χ4v) is 1.64. The number of benzene rings is 1. The number of carbonyl (C=O) groups excluding carboxylic acids is 1. The van der Waals surface area contributed by atoms with Crippen LogP contribution >= 0.6 is 15.9 Å². The van der Waals surface area contributed by atoms with E-state index in [2.05, 4.69) is 15.9 Å². The molecule has 0 fully saturated rings. The molecule has 2 nitrogen and oxygen atoms in total. The fraction of sp³-hybridized carbons (Fsp3) is 0.364. The zero-order valence-electron chi connectivity index (χ0n) is 9.25. The molecule has 0 aliphatic carbocycles. The van der Waals surface area contributed by atoms with Crippen LogP contribution in [0.25, 0.3) is 0 Å². The lowest BCUT2D eigenvalue weighted by atomic mass is 10.0. The Morgan fingerprint density at radius 3 is 2.18 bits per heavy atom. The standard InChI is InChI=1S/C11H11BrF3NO/c1-7(17)16(2)11(15,10(13)14)8-3-5-9(12)6-4-8/h3-6,10H,1-2H3. The maximum absolute atomic E-state index is 14.4. The predicted octanol–water partition coefficient (Wildman–Crippen LogP) is 3.31. The number of nitrogens with zero attached hydrogens (tertiary/aromatic N) is 1. The first kappa shape index (κ1) is 14.0. The summed E-state index contributed by atoms with van der Waals surface area (Å²) in [4.78, 5) is 11.5. The second-order valence-corrected chi connectivity index (χ2v) is 4.47. The lowest BCUT2D eigenvalue weighted by molar-refractivity contribution is -0.166. The van der Waals surface area contributed by atoms with Gasteiger partial charge in [-0.3, -0.25) is 4.79 Å². The topological polar surface area (TPSA) is 20.3 Å². The molecule has 6 heteroatoms. The van der Waals surface area contributed by atoms with Gasteiger partial charge in [0.2, 0.25) is 5.91 Å². The first-order chi connectivity index (χ1) is 7.80. The minimum atomic E-state index is -3.32. The summed E-state index contributed by atoms with van der Waals surface area (Å²) in [5.41, 5.74) is -0.256. The van der Waals surface area contributed by atoms with E-state index in [1.165, 1.54) is 24.3 Å². The predicted molar refractivity (Wildman–Crippen MR) is 61.4 cm³/mol. The molecule has 1 aromatic carbocycles. The highest BCUT2D eigenvalue weighted by molar-refractivity contribution is 9.10. The third kappa shape index (κ3) is 2.62. The lowest BCUT2D eigenvalue weighted by Gasteiger charge is -2.33. The van der Waals surface area contributed by atoms with Gasteiger partial charge in [0.05, 0.1) is 0 Å². The molecule has 1 aromatic rings. The first-order valence-corrected chi connectivity index (χ1v) is 5.57. The van der Waals surface area contributed by atoms with Crippen molar-refractivity contribution in [2.24, 2.45) is 0 Å². The second kappa shape index (κ2) is 5.08. The second-order valence-electron chi connectivity index (χ2n) is 3.56. The van der Waals surface area contributed by atoms with Crippen LogP contribution in [-0.2, 0) is 10.6 Å². The van der Waals surface area contributed by atoms with E-state index in [9.17, 15) is 18.0 Å². The molecule has 0 bridgehead atoms. The molecule has 0 spiro atoms. The highest BCUT2D eigenvalue weighted by Gasteiger charge is 2.47. The van der Waals surface area contributed by atoms with Crippen LogP contribution in [0.2, 0.25) is 0 Å². The summed E-state index contributed by atoms with van der Waals surface area (Å²) < 4.78 is 40.8. The van der Waals surface area contributed by atoms with Crippen molar-refractivity contribution in [1.82, 2.24) is 4.90 Å². The van der Waals surface area contributed by atoms with Crippen molar-refractivity contribution in [1.29, 1.82) is 0 Å². The number of carbonyl (C=O) groups is 1. The van der Waals surface area contributed by atoms with Gasteiger partial charge in [-0.1, -0.05) is 28.1 Å². The monoisotopic (exact) mass is 309 g/mol. The summed E-state index contributed by atoms with van der Waals surface area (Å²) in [6.07, 6.45) is -3.32. The van der Waals surface area contributed by atoms with Crippen molar-refractivity contribution in [3.63, 3.8) is 0 Å². The van der Waals surface area contributed by atoms with E-state index < -0.39 is 18.1 Å². The number of hydrogen-bond donors (Lipinski definition) is 0. The van der Waals surface area contributed by atoms with E-state index in [4.69, 9.17) is 0 Å². The molecule has 0 heterocycles. The largest absolute Gasteiger partial charge is 0.305 e. The smallest absolute Gasteiger partial charge is 0.294 e. The molecular weight excluding hydrogens is 299 g/mol. The normalized spacial score (nSPS) is 14.5. The molecule has 94 valence electrons. The Morgan fingerprint density at radius 2 is 1.82 bits per heavy atom. The molecule has 1 atom stereocenters. The highest BCUT2D eigenvalue weighted by atomic mass is 79.9. The Bertz CT molecular complexity index is 410. The molecular formula is C11H11BrF3NO. The van der Waals surface area contributed by atoms with Crippen LogP contribution in [0.1, 0.15) is 12.5 Å². The maximum atomic E-state index is 14.4. The Kier molecular flexibility index (Phi) is 4.19. The van der Waals surface area contributed by atoms with Crippen molar-refractivity contribution in [2.75, 3.05) is 7.05 Å². The molecule has 0 aliphatic rings. The first-order valence-electron chi connectivity index (χ1n) is 4.77.